The van der Waals surface area contributed by atoms with Gasteiger partial charge in [0.1, 0.15) is 0 Å². The highest BCUT2D eigenvalue weighted by Crippen LogP contribution is 2.27. The standard InChI is InChI=1S/C10H10N2O2S2/c1-3-14-9(13)6-4-7-8(11-5-6)12-10(15-2)16-7/h4-5H,3H2,1-2H3. The maximum Gasteiger partial charge on any atom is 0.339 e. The normalized spacial score (nSPS) is 10.6. The lowest BCUT2D eigenvalue weighted by Crippen LogP contribution is -2.04. The first-order valence-electron chi connectivity index (χ1n) is 4.72. The maximum atomic E-state index is 11.5. The van der Waals surface area contributed by atoms with Crippen LogP contribution in [-0.2, 0) is 4.74 Å². The Balaban J connectivity index is 2.39. The van der Waals surface area contributed by atoms with Crippen LogP contribution in [0.4, 0.5) is 0 Å². The van der Waals surface area contributed by atoms with Crippen molar-refractivity contribution in [2.75, 3.05) is 12.9 Å². The lowest BCUT2D eigenvalue weighted by Gasteiger charge is -1.99. The Hall–Kier alpha value is -1.14. The molecule has 0 bridgehead atoms. The smallest absolute Gasteiger partial charge is 0.339 e. The summed E-state index contributed by atoms with van der Waals surface area (Å²) in [4.78, 5) is 19.9. The summed E-state index contributed by atoms with van der Waals surface area (Å²) in [5.41, 5.74) is 1.16. The first kappa shape index (κ1) is 11.3. The molecule has 0 fully saturated rings. The highest BCUT2D eigenvalue weighted by atomic mass is 32.2. The van der Waals surface area contributed by atoms with E-state index in [1.165, 1.54) is 17.5 Å². The Morgan fingerprint density at radius 2 is 2.44 bits per heavy atom. The van der Waals surface area contributed by atoms with E-state index in [2.05, 4.69) is 9.97 Å². The number of aromatic nitrogens is 2. The molecule has 0 aliphatic rings. The number of rotatable bonds is 3. The number of fused-ring (bicyclic) bond motifs is 1. The SMILES string of the molecule is CCOC(=O)c1cnc2nc(SC)sc2c1. The summed E-state index contributed by atoms with van der Waals surface area (Å²) in [5.74, 6) is -0.337. The van der Waals surface area contributed by atoms with Crippen molar-refractivity contribution >= 4 is 39.4 Å². The predicted octanol–water partition coefficient (Wildman–Crippen LogP) is 2.59. The van der Waals surface area contributed by atoms with Gasteiger partial charge in [0.2, 0.25) is 0 Å². The zero-order valence-corrected chi connectivity index (χ0v) is 10.5. The third-order valence-electron chi connectivity index (χ3n) is 1.91. The van der Waals surface area contributed by atoms with E-state index in [-0.39, 0.29) is 5.97 Å². The number of esters is 1. The molecular weight excluding hydrogens is 244 g/mol. The molecule has 84 valence electrons. The van der Waals surface area contributed by atoms with Crippen LogP contribution in [0.5, 0.6) is 0 Å². The molecule has 16 heavy (non-hydrogen) atoms. The van der Waals surface area contributed by atoms with Crippen LogP contribution in [0.3, 0.4) is 0 Å². The van der Waals surface area contributed by atoms with Crippen molar-refractivity contribution in [1.29, 1.82) is 0 Å². The molecular formula is C10H10N2O2S2. The van der Waals surface area contributed by atoms with Crippen LogP contribution in [0.15, 0.2) is 16.6 Å². The molecule has 0 atom stereocenters. The number of nitrogens with zero attached hydrogens (tertiary/aromatic N) is 2. The van der Waals surface area contributed by atoms with Crippen LogP contribution in [0.25, 0.3) is 10.3 Å². The fourth-order valence-corrected chi connectivity index (χ4v) is 2.69. The number of hydrogen-bond acceptors (Lipinski definition) is 6. The van der Waals surface area contributed by atoms with Crippen LogP contribution in [0.1, 0.15) is 17.3 Å². The van der Waals surface area contributed by atoms with Crippen LogP contribution < -0.4 is 0 Å². The number of hydrogen-bond donors (Lipinski definition) is 0. The first-order chi connectivity index (χ1) is 7.74. The molecule has 0 aliphatic carbocycles. The molecule has 0 radical (unpaired) electrons. The molecule has 0 N–H and O–H groups in total. The molecule has 6 heteroatoms. The lowest BCUT2D eigenvalue weighted by molar-refractivity contribution is 0.0526. The fourth-order valence-electron chi connectivity index (χ4n) is 1.21. The minimum atomic E-state index is -0.337. The summed E-state index contributed by atoms with van der Waals surface area (Å²) in [7, 11) is 0. The minimum Gasteiger partial charge on any atom is -0.462 e. The molecule has 0 saturated carbocycles. The molecule has 2 aromatic heterocycles. The third kappa shape index (κ3) is 2.17. The van der Waals surface area contributed by atoms with E-state index in [1.54, 1.807) is 24.8 Å². The van der Waals surface area contributed by atoms with Crippen molar-refractivity contribution in [1.82, 2.24) is 9.97 Å². The quantitative estimate of drug-likeness (QED) is 0.622. The van der Waals surface area contributed by atoms with Gasteiger partial charge in [0, 0.05) is 6.20 Å². The van der Waals surface area contributed by atoms with E-state index >= 15 is 0 Å². The summed E-state index contributed by atoms with van der Waals surface area (Å²) in [5, 5.41) is 0. The Kier molecular flexibility index (Phi) is 3.40. The van der Waals surface area contributed by atoms with Crippen molar-refractivity contribution in [2.24, 2.45) is 0 Å². The number of ether oxygens (including phenoxy) is 1. The van der Waals surface area contributed by atoms with Gasteiger partial charge in [-0.05, 0) is 19.2 Å². The average molecular weight is 254 g/mol. The highest BCUT2D eigenvalue weighted by molar-refractivity contribution is 8.00. The van der Waals surface area contributed by atoms with Crippen molar-refractivity contribution in [3.63, 3.8) is 0 Å². The topological polar surface area (TPSA) is 52.1 Å². The molecule has 2 rings (SSSR count). The van der Waals surface area contributed by atoms with Crippen molar-refractivity contribution in [3.05, 3.63) is 17.8 Å². The van der Waals surface area contributed by atoms with Crippen molar-refractivity contribution in [3.8, 4) is 0 Å². The van der Waals surface area contributed by atoms with Crippen molar-refractivity contribution in [2.45, 2.75) is 11.3 Å². The largest absolute Gasteiger partial charge is 0.462 e. The number of carbonyl (C=O) groups is 1. The lowest BCUT2D eigenvalue weighted by atomic mass is 10.3. The minimum absolute atomic E-state index is 0.337. The van der Waals surface area contributed by atoms with E-state index in [1.807, 2.05) is 6.26 Å². The van der Waals surface area contributed by atoms with Crippen LogP contribution in [-0.4, -0.2) is 28.8 Å². The number of thioether (sulfide) groups is 1. The zero-order valence-electron chi connectivity index (χ0n) is 8.89. The van der Waals surface area contributed by atoms with E-state index in [9.17, 15) is 4.79 Å². The third-order valence-corrected chi connectivity index (χ3v) is 3.89. The van der Waals surface area contributed by atoms with E-state index < -0.39 is 0 Å². The van der Waals surface area contributed by atoms with Gasteiger partial charge in [-0.15, -0.1) is 11.3 Å². The zero-order chi connectivity index (χ0) is 11.5. The predicted molar refractivity (Wildman–Crippen MR) is 65.2 cm³/mol. The summed E-state index contributed by atoms with van der Waals surface area (Å²) in [6, 6.07) is 1.78. The molecule has 0 spiro atoms. The average Bonchev–Trinajstić information content (AvgIpc) is 2.70. The molecule has 2 heterocycles. The molecule has 0 aromatic carbocycles. The molecule has 2 aromatic rings. The number of carbonyl (C=O) groups excluding carboxylic acids is 1. The molecule has 4 nitrogen and oxygen atoms in total. The van der Waals surface area contributed by atoms with Gasteiger partial charge in [-0.2, -0.15) is 0 Å². The van der Waals surface area contributed by atoms with Crippen LogP contribution in [0.2, 0.25) is 0 Å². The van der Waals surface area contributed by atoms with Crippen LogP contribution >= 0.6 is 23.1 Å². The Morgan fingerprint density at radius 3 is 3.12 bits per heavy atom. The second kappa shape index (κ2) is 4.80. The monoisotopic (exact) mass is 254 g/mol. The first-order valence-corrected chi connectivity index (χ1v) is 6.76. The van der Waals surface area contributed by atoms with Gasteiger partial charge in [0.15, 0.2) is 9.99 Å². The number of pyridine rings is 1. The van der Waals surface area contributed by atoms with E-state index in [0.717, 1.165) is 9.04 Å². The molecule has 0 unspecified atom stereocenters. The van der Waals surface area contributed by atoms with Gasteiger partial charge in [-0.25, -0.2) is 14.8 Å². The summed E-state index contributed by atoms with van der Waals surface area (Å²) in [6.45, 7) is 2.15. The van der Waals surface area contributed by atoms with Gasteiger partial charge in [-0.3, -0.25) is 0 Å². The Bertz CT molecular complexity index is 525. The van der Waals surface area contributed by atoms with Crippen molar-refractivity contribution < 1.29 is 9.53 Å². The molecule has 0 amide bonds. The molecule has 0 saturated heterocycles. The highest BCUT2D eigenvalue weighted by Gasteiger charge is 2.10. The van der Waals surface area contributed by atoms with E-state index in [0.29, 0.717) is 17.8 Å². The van der Waals surface area contributed by atoms with E-state index in [4.69, 9.17) is 4.74 Å². The second-order valence-electron chi connectivity index (χ2n) is 2.95. The summed E-state index contributed by atoms with van der Waals surface area (Å²) in [6.07, 6.45) is 3.47. The summed E-state index contributed by atoms with van der Waals surface area (Å²) < 4.78 is 6.77. The van der Waals surface area contributed by atoms with Crippen LogP contribution in [0, 0.1) is 0 Å². The Morgan fingerprint density at radius 1 is 1.62 bits per heavy atom. The van der Waals surface area contributed by atoms with Gasteiger partial charge >= 0.3 is 5.97 Å². The second-order valence-corrected chi connectivity index (χ2v) is 5.03. The fraction of sp³-hybridized carbons (Fsp3) is 0.300. The van der Waals surface area contributed by atoms with Gasteiger partial charge in [0.05, 0.1) is 16.9 Å². The summed E-state index contributed by atoms with van der Waals surface area (Å²) >= 11 is 3.10. The van der Waals surface area contributed by atoms with Gasteiger partial charge in [-0.1, -0.05) is 11.8 Å². The Labute approximate surface area is 101 Å². The maximum absolute atomic E-state index is 11.5. The number of thiazole rings is 1. The molecule has 0 aliphatic heterocycles. The van der Waals surface area contributed by atoms with Gasteiger partial charge < -0.3 is 4.74 Å². The van der Waals surface area contributed by atoms with Gasteiger partial charge in [0.25, 0.3) is 0 Å².